The molecule has 26 heavy (non-hydrogen) atoms. The average molecular weight is 356 g/mol. The molecule has 10 atom stereocenters. The number of imide groups is 2. The van der Waals surface area contributed by atoms with Crippen LogP contribution in [0.15, 0.2) is 0 Å². The van der Waals surface area contributed by atoms with Gasteiger partial charge in [-0.05, 0) is 55.3 Å². The van der Waals surface area contributed by atoms with Crippen molar-refractivity contribution in [2.75, 3.05) is 7.05 Å². The predicted molar refractivity (Wildman–Crippen MR) is 89.0 cm³/mol. The van der Waals surface area contributed by atoms with E-state index in [-0.39, 0.29) is 65.2 Å². The minimum atomic E-state index is -0.368. The zero-order valence-electron chi connectivity index (χ0n) is 15.1. The minimum absolute atomic E-state index is 0.0369. The van der Waals surface area contributed by atoms with Crippen LogP contribution in [0, 0.1) is 53.3 Å². The van der Waals surface area contributed by atoms with Gasteiger partial charge in [0.25, 0.3) is 0 Å². The summed E-state index contributed by atoms with van der Waals surface area (Å²) in [6, 6.07) is 0.0488. The molecule has 4 saturated carbocycles. The highest BCUT2D eigenvalue weighted by molar-refractivity contribution is 6.11. The van der Waals surface area contributed by atoms with Gasteiger partial charge in [0, 0.05) is 13.1 Å². The van der Waals surface area contributed by atoms with Gasteiger partial charge in [-0.15, -0.1) is 0 Å². The van der Waals surface area contributed by atoms with Gasteiger partial charge in [0.05, 0.1) is 23.7 Å². The van der Waals surface area contributed by atoms with Crippen molar-refractivity contribution in [2.45, 2.75) is 38.6 Å². The SMILES string of the molecule is CC1C2CCC(C2)C1N1C(=O)C2C3CC(C4C(=O)N(C)C(=O)C34)C2C1=O. The van der Waals surface area contributed by atoms with Crippen molar-refractivity contribution in [3.05, 3.63) is 0 Å². The second kappa shape index (κ2) is 4.57. The molecular formula is C20H24N2O4. The van der Waals surface area contributed by atoms with Gasteiger partial charge in [-0.2, -0.15) is 0 Å². The van der Waals surface area contributed by atoms with E-state index in [9.17, 15) is 19.2 Å². The molecule has 2 heterocycles. The number of hydrogen-bond acceptors (Lipinski definition) is 4. The van der Waals surface area contributed by atoms with Crippen molar-refractivity contribution in [1.82, 2.24) is 9.80 Å². The molecule has 0 aromatic heterocycles. The van der Waals surface area contributed by atoms with Gasteiger partial charge >= 0.3 is 0 Å². The third-order valence-corrected chi connectivity index (χ3v) is 9.02. The highest BCUT2D eigenvalue weighted by Crippen LogP contribution is 2.64. The summed E-state index contributed by atoms with van der Waals surface area (Å²) in [6.45, 7) is 2.19. The molecule has 4 aliphatic carbocycles. The molecule has 6 heteroatoms. The maximum absolute atomic E-state index is 13.3. The largest absolute Gasteiger partial charge is 0.285 e. The Morgan fingerprint density at radius 3 is 1.73 bits per heavy atom. The van der Waals surface area contributed by atoms with Crippen LogP contribution in [0.4, 0.5) is 0 Å². The second-order valence-electron chi connectivity index (χ2n) is 9.63. The fraction of sp³-hybridized carbons (Fsp3) is 0.800. The van der Waals surface area contributed by atoms with Crippen molar-refractivity contribution >= 4 is 23.6 Å². The van der Waals surface area contributed by atoms with Crippen molar-refractivity contribution in [3.8, 4) is 0 Å². The first-order valence-electron chi connectivity index (χ1n) is 10.1. The van der Waals surface area contributed by atoms with E-state index in [1.54, 1.807) is 4.90 Å². The lowest BCUT2D eigenvalue weighted by atomic mass is 9.70. The minimum Gasteiger partial charge on any atom is -0.285 e. The van der Waals surface area contributed by atoms with E-state index in [1.165, 1.54) is 18.4 Å². The van der Waals surface area contributed by atoms with Crippen LogP contribution >= 0.6 is 0 Å². The number of carbonyl (C=O) groups excluding carboxylic acids is 4. The standard InChI is InChI=1S/C20H24N2O4/c1-7-8-3-4-9(5-8)16(7)22-19(25)14-10-6-11(15(14)20(22)26)13-12(10)17(23)21(2)18(13)24/h7-16H,3-6H2,1-2H3. The molecule has 6 nitrogen and oxygen atoms in total. The zero-order chi connectivity index (χ0) is 18.1. The van der Waals surface area contributed by atoms with Gasteiger partial charge in [0.2, 0.25) is 23.6 Å². The first kappa shape index (κ1) is 15.3. The van der Waals surface area contributed by atoms with E-state index in [0.29, 0.717) is 24.2 Å². The molecule has 0 aromatic rings. The van der Waals surface area contributed by atoms with E-state index in [4.69, 9.17) is 0 Å². The van der Waals surface area contributed by atoms with Crippen molar-refractivity contribution in [3.63, 3.8) is 0 Å². The number of carbonyl (C=O) groups is 4. The third-order valence-electron chi connectivity index (χ3n) is 9.02. The Labute approximate surface area is 152 Å². The first-order chi connectivity index (χ1) is 12.4. The first-order valence-corrected chi connectivity index (χ1v) is 10.1. The number of likely N-dealkylation sites (tertiary alicyclic amines) is 2. The normalized spacial score (nSPS) is 54.1. The fourth-order valence-corrected chi connectivity index (χ4v) is 8.03. The van der Waals surface area contributed by atoms with Gasteiger partial charge in [0.1, 0.15) is 0 Å². The predicted octanol–water partition coefficient (Wildman–Crippen LogP) is 0.903. The van der Waals surface area contributed by atoms with Crippen LogP contribution in [0.2, 0.25) is 0 Å². The maximum Gasteiger partial charge on any atom is 0.233 e. The van der Waals surface area contributed by atoms with Crippen LogP contribution in [-0.4, -0.2) is 46.5 Å². The van der Waals surface area contributed by atoms with E-state index >= 15 is 0 Å². The van der Waals surface area contributed by atoms with Gasteiger partial charge in [-0.1, -0.05) is 6.92 Å². The Bertz CT molecular complexity index is 730. The summed E-state index contributed by atoms with van der Waals surface area (Å²) in [4.78, 5) is 54.6. The molecule has 6 aliphatic rings. The van der Waals surface area contributed by atoms with E-state index < -0.39 is 0 Å². The number of amides is 4. The maximum atomic E-state index is 13.3. The number of fused-ring (bicyclic) bond motifs is 10. The molecule has 2 aliphatic heterocycles. The summed E-state index contributed by atoms with van der Waals surface area (Å²) < 4.78 is 0. The molecule has 4 amide bonds. The molecular weight excluding hydrogens is 332 g/mol. The molecule has 6 fully saturated rings. The molecule has 2 saturated heterocycles. The van der Waals surface area contributed by atoms with Crippen molar-refractivity contribution in [1.29, 1.82) is 0 Å². The highest BCUT2D eigenvalue weighted by atomic mass is 16.2. The summed E-state index contributed by atoms with van der Waals surface area (Å²) in [5.74, 6) is -0.573. The summed E-state index contributed by atoms with van der Waals surface area (Å²) in [6.07, 6.45) is 4.16. The van der Waals surface area contributed by atoms with Gasteiger partial charge < -0.3 is 0 Å². The monoisotopic (exact) mass is 356 g/mol. The molecule has 4 bridgehead atoms. The zero-order valence-corrected chi connectivity index (χ0v) is 15.1. The summed E-state index contributed by atoms with van der Waals surface area (Å²) in [5.41, 5.74) is 0. The van der Waals surface area contributed by atoms with Crippen molar-refractivity contribution in [2.24, 2.45) is 53.3 Å². The summed E-state index contributed by atoms with van der Waals surface area (Å²) >= 11 is 0. The summed E-state index contributed by atoms with van der Waals surface area (Å²) in [5, 5.41) is 0. The Kier molecular flexibility index (Phi) is 2.70. The molecule has 10 unspecified atom stereocenters. The van der Waals surface area contributed by atoms with Gasteiger partial charge in [-0.3, -0.25) is 29.0 Å². The smallest absolute Gasteiger partial charge is 0.233 e. The van der Waals surface area contributed by atoms with Gasteiger partial charge in [-0.25, -0.2) is 0 Å². The van der Waals surface area contributed by atoms with Crippen LogP contribution in [0.25, 0.3) is 0 Å². The summed E-state index contributed by atoms with van der Waals surface area (Å²) in [7, 11) is 1.53. The Morgan fingerprint density at radius 1 is 0.731 bits per heavy atom. The highest BCUT2D eigenvalue weighted by Gasteiger charge is 2.73. The van der Waals surface area contributed by atoms with Crippen molar-refractivity contribution < 1.29 is 19.2 Å². The Balaban J connectivity index is 1.37. The fourth-order valence-electron chi connectivity index (χ4n) is 8.03. The van der Waals surface area contributed by atoms with Crippen LogP contribution in [0.5, 0.6) is 0 Å². The van der Waals surface area contributed by atoms with Crippen LogP contribution in [-0.2, 0) is 19.2 Å². The van der Waals surface area contributed by atoms with E-state index in [0.717, 1.165) is 12.8 Å². The lowest BCUT2D eigenvalue weighted by molar-refractivity contribution is -0.146. The molecule has 0 spiro atoms. The number of hydrogen-bond donors (Lipinski definition) is 0. The molecule has 6 rings (SSSR count). The third kappa shape index (κ3) is 1.45. The molecule has 0 aromatic carbocycles. The second-order valence-corrected chi connectivity index (χ2v) is 9.63. The lowest BCUT2D eigenvalue weighted by Gasteiger charge is -2.35. The quantitative estimate of drug-likeness (QED) is 0.655. The number of nitrogens with zero attached hydrogens (tertiary/aromatic N) is 2. The number of rotatable bonds is 1. The average Bonchev–Trinajstić information content (AvgIpc) is 3.41. The van der Waals surface area contributed by atoms with Crippen LogP contribution in [0.3, 0.4) is 0 Å². The van der Waals surface area contributed by atoms with E-state index in [1.807, 2.05) is 0 Å². The van der Waals surface area contributed by atoms with Gasteiger partial charge in [0.15, 0.2) is 0 Å². The lowest BCUT2D eigenvalue weighted by Crippen LogP contribution is -2.48. The Hall–Kier alpha value is -1.72. The molecule has 0 radical (unpaired) electrons. The topological polar surface area (TPSA) is 74.8 Å². The van der Waals surface area contributed by atoms with Crippen LogP contribution in [0.1, 0.15) is 32.6 Å². The molecule has 0 N–H and O–H groups in total. The molecule has 138 valence electrons. The van der Waals surface area contributed by atoms with E-state index in [2.05, 4.69) is 6.92 Å². The van der Waals surface area contributed by atoms with Crippen LogP contribution < -0.4 is 0 Å². The Morgan fingerprint density at radius 2 is 1.23 bits per heavy atom.